The van der Waals surface area contributed by atoms with Crippen molar-refractivity contribution >= 4 is 28.6 Å². The van der Waals surface area contributed by atoms with Crippen LogP contribution in [-0.2, 0) is 4.79 Å². The normalized spacial score (nSPS) is 11.7. The zero-order valence-corrected chi connectivity index (χ0v) is 11.6. The van der Waals surface area contributed by atoms with Gasteiger partial charge in [-0.05, 0) is 0 Å². The second-order valence-corrected chi connectivity index (χ2v) is 4.79. The lowest BCUT2D eigenvalue weighted by Crippen LogP contribution is -2.41. The average Bonchev–Trinajstić information content (AvgIpc) is 2.94. The van der Waals surface area contributed by atoms with Gasteiger partial charge in [-0.15, -0.1) is 0 Å². The Morgan fingerprint density at radius 3 is 2.71 bits per heavy atom. The number of aliphatic hydroxyl groups excluding tert-OH is 1. The molecule has 0 saturated carbocycles. The summed E-state index contributed by atoms with van der Waals surface area (Å²) in [5.74, 6) is -0.398. The Balaban J connectivity index is 1.91. The van der Waals surface area contributed by atoms with E-state index in [0.717, 1.165) is 17.1 Å². The highest BCUT2D eigenvalue weighted by Gasteiger charge is 2.13. The third-order valence-corrected chi connectivity index (χ3v) is 3.09. The topological polar surface area (TPSA) is 130 Å². The van der Waals surface area contributed by atoms with Gasteiger partial charge in [0.2, 0.25) is 11.0 Å². The number of nitrogens with zero attached hydrogens (tertiary/aromatic N) is 2. The van der Waals surface area contributed by atoms with E-state index in [-0.39, 0.29) is 6.54 Å². The average molecular weight is 307 g/mol. The number of benzene rings is 1. The molecule has 9 heteroatoms. The zero-order valence-electron chi connectivity index (χ0n) is 10.8. The van der Waals surface area contributed by atoms with Gasteiger partial charge < -0.3 is 16.2 Å². The van der Waals surface area contributed by atoms with Crippen molar-refractivity contribution in [1.29, 1.82) is 0 Å². The van der Waals surface area contributed by atoms with Crippen LogP contribution in [0.3, 0.4) is 0 Å². The molecule has 0 aliphatic heterocycles. The van der Waals surface area contributed by atoms with Crippen LogP contribution in [0.5, 0.6) is 0 Å². The van der Waals surface area contributed by atoms with E-state index in [1.165, 1.54) is 0 Å². The Hall–Kier alpha value is -2.52. The molecule has 0 saturated heterocycles. The van der Waals surface area contributed by atoms with E-state index in [0.29, 0.717) is 11.0 Å². The lowest BCUT2D eigenvalue weighted by molar-refractivity contribution is -0.125. The third-order valence-electron chi connectivity index (χ3n) is 2.46. The Labute approximate surface area is 124 Å². The lowest BCUT2D eigenvalue weighted by Gasteiger charge is -2.07. The van der Waals surface area contributed by atoms with Gasteiger partial charge in [-0.1, -0.05) is 30.3 Å². The van der Waals surface area contributed by atoms with Gasteiger partial charge in [0.25, 0.3) is 0 Å². The van der Waals surface area contributed by atoms with E-state index in [9.17, 15) is 9.59 Å². The van der Waals surface area contributed by atoms with Crippen molar-refractivity contribution in [2.24, 2.45) is 5.73 Å². The summed E-state index contributed by atoms with van der Waals surface area (Å²) in [5, 5.41) is 14.2. The van der Waals surface area contributed by atoms with Gasteiger partial charge in [0, 0.05) is 17.1 Å². The van der Waals surface area contributed by atoms with Crippen LogP contribution in [-0.4, -0.2) is 39.1 Å². The number of hydrogen-bond donors (Lipinski definition) is 4. The molecule has 1 aromatic carbocycles. The molecule has 0 bridgehead atoms. The molecule has 0 aliphatic rings. The summed E-state index contributed by atoms with van der Waals surface area (Å²) in [7, 11) is 0. The van der Waals surface area contributed by atoms with Crippen molar-refractivity contribution in [3.05, 3.63) is 30.3 Å². The van der Waals surface area contributed by atoms with Crippen molar-refractivity contribution in [3.63, 3.8) is 0 Å². The third kappa shape index (κ3) is 4.23. The van der Waals surface area contributed by atoms with E-state index in [1.54, 1.807) is 0 Å². The molecule has 2 rings (SSSR count). The van der Waals surface area contributed by atoms with E-state index in [2.05, 4.69) is 20.0 Å². The molecule has 21 heavy (non-hydrogen) atoms. The maximum atomic E-state index is 11.5. The van der Waals surface area contributed by atoms with Crippen molar-refractivity contribution in [2.45, 2.75) is 6.10 Å². The van der Waals surface area contributed by atoms with Gasteiger partial charge in [0.1, 0.15) is 6.10 Å². The van der Waals surface area contributed by atoms with Gasteiger partial charge >= 0.3 is 6.03 Å². The number of anilines is 1. The number of nitrogens with one attached hydrogen (secondary N) is 2. The number of carbonyl (C=O) groups excluding carboxylic acids is 2. The molecule has 0 aliphatic carbocycles. The highest BCUT2D eigenvalue weighted by molar-refractivity contribution is 7.10. The molecule has 0 fully saturated rings. The lowest BCUT2D eigenvalue weighted by atomic mass is 10.2. The molecule has 1 aromatic heterocycles. The zero-order chi connectivity index (χ0) is 15.2. The van der Waals surface area contributed by atoms with Crippen LogP contribution in [0.1, 0.15) is 0 Å². The maximum absolute atomic E-state index is 11.5. The standard InChI is InChI=1S/C12H13N5O3S/c13-9(19)8(18)6-14-11(20)16-12-15-10(17-21-12)7-4-2-1-3-5-7/h1-5,8,18H,6H2,(H2,13,19)(H2,14,15,16,17,20)/t8-/m1/s1. The van der Waals surface area contributed by atoms with Gasteiger partial charge in [0.15, 0.2) is 5.82 Å². The number of rotatable bonds is 5. The van der Waals surface area contributed by atoms with Crippen molar-refractivity contribution in [2.75, 3.05) is 11.9 Å². The number of primary amides is 1. The molecule has 110 valence electrons. The second kappa shape index (κ2) is 6.77. The van der Waals surface area contributed by atoms with Crippen LogP contribution < -0.4 is 16.4 Å². The van der Waals surface area contributed by atoms with Gasteiger partial charge in [-0.2, -0.15) is 9.36 Å². The summed E-state index contributed by atoms with van der Waals surface area (Å²) in [6.07, 6.45) is -1.43. The number of amides is 3. The molecule has 5 N–H and O–H groups in total. The number of aliphatic hydroxyl groups is 1. The number of nitrogens with two attached hydrogens (primary N) is 1. The van der Waals surface area contributed by atoms with E-state index in [4.69, 9.17) is 10.8 Å². The predicted octanol–water partition coefficient (Wildman–Crippen LogP) is 0.173. The largest absolute Gasteiger partial charge is 0.381 e. The molecule has 0 radical (unpaired) electrons. The molecule has 2 aromatic rings. The van der Waals surface area contributed by atoms with Crippen LogP contribution in [0.25, 0.3) is 11.4 Å². The first kappa shape index (κ1) is 14.9. The molecule has 3 amide bonds. The highest BCUT2D eigenvalue weighted by Crippen LogP contribution is 2.20. The van der Waals surface area contributed by atoms with Crippen molar-refractivity contribution in [3.8, 4) is 11.4 Å². The summed E-state index contributed by atoms with van der Waals surface area (Å²) in [5.41, 5.74) is 5.70. The smallest absolute Gasteiger partial charge is 0.321 e. The monoisotopic (exact) mass is 307 g/mol. The highest BCUT2D eigenvalue weighted by atomic mass is 32.1. The summed E-state index contributed by atoms with van der Waals surface area (Å²) in [4.78, 5) is 26.3. The fourth-order valence-electron chi connectivity index (χ4n) is 1.41. The Morgan fingerprint density at radius 1 is 1.33 bits per heavy atom. The van der Waals surface area contributed by atoms with Crippen molar-refractivity contribution < 1.29 is 14.7 Å². The molecule has 1 heterocycles. The minimum absolute atomic E-state index is 0.272. The van der Waals surface area contributed by atoms with Crippen molar-refractivity contribution in [1.82, 2.24) is 14.7 Å². The van der Waals surface area contributed by atoms with E-state index in [1.807, 2.05) is 30.3 Å². The van der Waals surface area contributed by atoms with Crippen LogP contribution in [0.15, 0.2) is 30.3 Å². The van der Waals surface area contributed by atoms with Crippen LogP contribution in [0.4, 0.5) is 9.93 Å². The van der Waals surface area contributed by atoms with Crippen LogP contribution in [0, 0.1) is 0 Å². The molecule has 0 spiro atoms. The first-order chi connectivity index (χ1) is 10.1. The SMILES string of the molecule is NC(=O)[C@H](O)CNC(=O)Nc1nc(-c2ccccc2)ns1. The Morgan fingerprint density at radius 2 is 2.05 bits per heavy atom. The molecule has 1 atom stereocenters. The first-order valence-electron chi connectivity index (χ1n) is 5.97. The maximum Gasteiger partial charge on any atom is 0.321 e. The fourth-order valence-corrected chi connectivity index (χ4v) is 1.99. The van der Waals surface area contributed by atoms with Gasteiger partial charge in [-0.25, -0.2) is 4.79 Å². The van der Waals surface area contributed by atoms with E-state index >= 15 is 0 Å². The number of carbonyl (C=O) groups is 2. The molecule has 0 unspecified atom stereocenters. The summed E-state index contributed by atoms with van der Waals surface area (Å²) in [6, 6.07) is 8.71. The minimum Gasteiger partial charge on any atom is -0.381 e. The quantitative estimate of drug-likeness (QED) is 0.625. The van der Waals surface area contributed by atoms with Gasteiger partial charge in [0.05, 0.1) is 6.54 Å². The first-order valence-corrected chi connectivity index (χ1v) is 6.75. The summed E-state index contributed by atoms with van der Waals surface area (Å²) < 4.78 is 4.13. The number of aromatic nitrogens is 2. The Kier molecular flexibility index (Phi) is 4.80. The van der Waals surface area contributed by atoms with Crippen LogP contribution >= 0.6 is 11.5 Å². The summed E-state index contributed by atoms with van der Waals surface area (Å²) >= 11 is 1.03. The van der Waals surface area contributed by atoms with Crippen LogP contribution in [0.2, 0.25) is 0 Å². The predicted molar refractivity (Wildman–Crippen MR) is 77.6 cm³/mol. The fraction of sp³-hybridized carbons (Fsp3) is 0.167. The Bertz CT molecular complexity index is 631. The van der Waals surface area contributed by atoms with E-state index < -0.39 is 18.0 Å². The minimum atomic E-state index is -1.43. The number of hydrogen-bond acceptors (Lipinski definition) is 6. The molecular formula is C12H13N5O3S. The van der Waals surface area contributed by atoms with Gasteiger partial charge in [-0.3, -0.25) is 10.1 Å². The molecular weight excluding hydrogens is 294 g/mol. The second-order valence-electron chi connectivity index (χ2n) is 4.04. The molecule has 8 nitrogen and oxygen atoms in total. The number of urea groups is 1. The summed E-state index contributed by atoms with van der Waals surface area (Å²) in [6.45, 7) is -0.272.